The van der Waals surface area contributed by atoms with Gasteiger partial charge in [0.05, 0.1) is 24.4 Å². The number of carbonyl (C=O) groups excluding carboxylic acids is 1. The summed E-state index contributed by atoms with van der Waals surface area (Å²) in [6, 6.07) is 0. The summed E-state index contributed by atoms with van der Waals surface area (Å²) in [5.41, 5.74) is 3.17. The summed E-state index contributed by atoms with van der Waals surface area (Å²) in [4.78, 5) is 14.1. The van der Waals surface area contributed by atoms with Gasteiger partial charge in [0.25, 0.3) is 0 Å². The van der Waals surface area contributed by atoms with Gasteiger partial charge >= 0.3 is 7.60 Å². The van der Waals surface area contributed by atoms with E-state index in [1.54, 1.807) is 45.9 Å². The number of ketones is 1. The molecule has 0 spiro atoms. The molecule has 1 unspecified atom stereocenters. The van der Waals surface area contributed by atoms with Crippen molar-refractivity contribution in [2.45, 2.75) is 129 Å². The first-order chi connectivity index (χ1) is 20.6. The van der Waals surface area contributed by atoms with Crippen LogP contribution in [-0.4, -0.2) is 45.6 Å². The van der Waals surface area contributed by atoms with E-state index >= 15 is 0 Å². The van der Waals surface area contributed by atoms with Gasteiger partial charge in [-0.05, 0) is 119 Å². The minimum Gasteiger partial charge on any atom is -0.393 e. The Labute approximate surface area is 266 Å². The molecule has 3 fully saturated rings. The van der Waals surface area contributed by atoms with Crippen LogP contribution in [0.3, 0.4) is 0 Å². The van der Waals surface area contributed by atoms with Crippen LogP contribution in [0.5, 0.6) is 0 Å². The van der Waals surface area contributed by atoms with Gasteiger partial charge in [-0.25, -0.2) is 0 Å². The number of rotatable bonds is 14. The number of allylic oxidation sites excluding steroid dienone is 7. The number of aliphatic hydroxyl groups excluding tert-OH is 2. The van der Waals surface area contributed by atoms with Gasteiger partial charge in [-0.15, -0.1) is 13.2 Å². The molecule has 0 aromatic rings. The summed E-state index contributed by atoms with van der Waals surface area (Å²) < 4.78 is 26.4. The second-order valence-corrected chi connectivity index (χ2v) is 16.3. The third kappa shape index (κ3) is 7.76. The summed E-state index contributed by atoms with van der Waals surface area (Å²) in [5.74, 6) is 0.689. The highest BCUT2D eigenvalue weighted by Crippen LogP contribution is 2.65. The summed E-state index contributed by atoms with van der Waals surface area (Å²) >= 11 is 0. The third-order valence-corrected chi connectivity index (χ3v) is 13.2. The quantitative estimate of drug-likeness (QED) is 0.113. The van der Waals surface area contributed by atoms with Crippen LogP contribution < -0.4 is 0 Å². The van der Waals surface area contributed by atoms with Crippen molar-refractivity contribution in [2.75, 3.05) is 0 Å². The van der Waals surface area contributed by atoms with E-state index in [9.17, 15) is 19.6 Å². The molecular formula is C37H57O6P. The van der Waals surface area contributed by atoms with E-state index in [2.05, 4.69) is 45.7 Å². The van der Waals surface area contributed by atoms with E-state index in [1.807, 2.05) is 6.08 Å². The maximum atomic E-state index is 14.4. The van der Waals surface area contributed by atoms with Gasteiger partial charge in [-0.3, -0.25) is 9.36 Å². The van der Waals surface area contributed by atoms with Gasteiger partial charge in [0.1, 0.15) is 5.16 Å². The van der Waals surface area contributed by atoms with Crippen LogP contribution in [0.4, 0.5) is 0 Å². The summed E-state index contributed by atoms with van der Waals surface area (Å²) in [6.07, 6.45) is 15.7. The molecule has 44 heavy (non-hydrogen) atoms. The minimum atomic E-state index is -3.92. The Bertz CT molecular complexity index is 1180. The molecule has 0 aromatic heterocycles. The molecule has 0 aromatic carbocycles. The smallest absolute Gasteiger partial charge is 0.345 e. The Balaban J connectivity index is 1.88. The summed E-state index contributed by atoms with van der Waals surface area (Å²) in [7, 11) is -3.92. The normalized spacial score (nSPS) is 30.8. The predicted molar refractivity (Wildman–Crippen MR) is 180 cm³/mol. The Morgan fingerprint density at radius 3 is 2.25 bits per heavy atom. The fourth-order valence-electron chi connectivity index (χ4n) is 8.04. The zero-order chi connectivity index (χ0) is 32.9. The zero-order valence-electron chi connectivity index (χ0n) is 28.0. The summed E-state index contributed by atoms with van der Waals surface area (Å²) in [5, 5.41) is 19.0. The topological polar surface area (TPSA) is 93.1 Å². The lowest BCUT2D eigenvalue weighted by Gasteiger charge is -2.44. The van der Waals surface area contributed by atoms with Gasteiger partial charge in [0, 0.05) is 6.42 Å². The van der Waals surface area contributed by atoms with E-state index in [4.69, 9.17) is 9.05 Å². The Morgan fingerprint density at radius 2 is 1.68 bits per heavy atom. The molecule has 3 rings (SSSR count). The largest absolute Gasteiger partial charge is 0.393 e. The molecule has 6 atom stereocenters. The number of aliphatic hydroxyl groups is 2. The molecule has 3 aliphatic carbocycles. The van der Waals surface area contributed by atoms with Crippen molar-refractivity contribution >= 4 is 13.4 Å². The molecule has 7 heteroatoms. The number of hydrogen-bond acceptors (Lipinski definition) is 6. The molecule has 0 aliphatic heterocycles. The fraction of sp³-hybridized carbons (Fsp3) is 0.649. The Kier molecular flexibility index (Phi) is 12.6. The van der Waals surface area contributed by atoms with Gasteiger partial charge in [0.2, 0.25) is 0 Å². The number of carbonyl (C=O) groups is 1. The van der Waals surface area contributed by atoms with Gasteiger partial charge < -0.3 is 19.3 Å². The monoisotopic (exact) mass is 628 g/mol. The van der Waals surface area contributed by atoms with Crippen LogP contribution in [0.2, 0.25) is 0 Å². The Hall–Kier alpha value is -1.82. The van der Waals surface area contributed by atoms with E-state index in [1.165, 1.54) is 5.57 Å². The predicted octanol–water partition coefficient (Wildman–Crippen LogP) is 8.82. The first-order valence-electron chi connectivity index (χ1n) is 16.5. The van der Waals surface area contributed by atoms with E-state index in [0.717, 1.165) is 37.7 Å². The van der Waals surface area contributed by atoms with Gasteiger partial charge in [-0.2, -0.15) is 0 Å². The van der Waals surface area contributed by atoms with Crippen molar-refractivity contribution in [1.29, 1.82) is 0 Å². The molecule has 2 N–H and O–H groups in total. The van der Waals surface area contributed by atoms with Crippen molar-refractivity contribution in [2.24, 2.45) is 23.2 Å². The maximum Gasteiger partial charge on any atom is 0.345 e. The third-order valence-electron chi connectivity index (χ3n) is 10.1. The lowest BCUT2D eigenvalue weighted by atomic mass is 9.61. The van der Waals surface area contributed by atoms with Crippen LogP contribution in [0.25, 0.3) is 0 Å². The van der Waals surface area contributed by atoms with Crippen LogP contribution in [0, 0.1) is 23.2 Å². The van der Waals surface area contributed by atoms with Crippen molar-refractivity contribution < 1.29 is 28.6 Å². The highest BCUT2D eigenvalue weighted by Gasteiger charge is 2.55. The van der Waals surface area contributed by atoms with E-state index in [0.29, 0.717) is 30.3 Å². The van der Waals surface area contributed by atoms with Crippen molar-refractivity contribution in [3.05, 3.63) is 72.9 Å². The zero-order valence-corrected chi connectivity index (χ0v) is 28.9. The van der Waals surface area contributed by atoms with Crippen LogP contribution >= 0.6 is 7.60 Å². The number of fused-ring (bicyclic) bond motifs is 1. The average Bonchev–Trinajstić information content (AvgIpc) is 3.29. The van der Waals surface area contributed by atoms with Crippen molar-refractivity contribution in [1.82, 2.24) is 0 Å². The second kappa shape index (κ2) is 15.2. The maximum absolute atomic E-state index is 14.4. The fourth-order valence-corrected chi connectivity index (χ4v) is 10.7. The second-order valence-electron chi connectivity index (χ2n) is 14.1. The molecule has 0 amide bonds. The molecule has 6 nitrogen and oxygen atoms in total. The minimum absolute atomic E-state index is 0.0914. The number of hydrogen-bond donors (Lipinski definition) is 2. The van der Waals surface area contributed by atoms with Crippen LogP contribution in [0.1, 0.15) is 99.3 Å². The van der Waals surface area contributed by atoms with Gasteiger partial charge in [0.15, 0.2) is 5.78 Å². The first-order valence-corrected chi connectivity index (χ1v) is 18.0. The molecular weight excluding hydrogens is 571 g/mol. The van der Waals surface area contributed by atoms with E-state index in [-0.39, 0.29) is 30.0 Å². The SMILES string of the molecule is C=CCC(CC=C)(C(=O)C=C[C@@H](C)[C@H]1CCC2C(=CC=C3C[C@@H](O)C[C@H](O)C3=C)CCC[C@@]21C)P(=O)(OC(C)C)OC(C)C. The van der Waals surface area contributed by atoms with Gasteiger partial charge in [-0.1, -0.05) is 56.4 Å². The highest BCUT2D eigenvalue weighted by atomic mass is 31.2. The standard InChI is InChI=1S/C37H57O6P/c1-10-20-37(21-11-2,44(41,42-25(3)4)43-26(5)6)35(40)19-14-27(7)32-17-18-33-29(13-12-22-36(32,33)9)15-16-30-23-31(38)24-34(39)28(30)8/h10-11,14-16,19,25-27,31-34,38-39H,1-2,8,12-13,17-18,20-24H2,3-7,9H3/t27-,31-,32-,33?,34+,36-/m1/s1. The molecule has 3 saturated carbocycles. The first kappa shape index (κ1) is 36.6. The molecule has 0 bridgehead atoms. The molecule has 0 heterocycles. The molecule has 0 radical (unpaired) electrons. The summed E-state index contributed by atoms with van der Waals surface area (Å²) in [6.45, 7) is 23.6. The van der Waals surface area contributed by atoms with E-state index < -0.39 is 37.2 Å². The van der Waals surface area contributed by atoms with Crippen molar-refractivity contribution in [3.8, 4) is 0 Å². The lowest BCUT2D eigenvalue weighted by Crippen LogP contribution is -2.40. The molecule has 3 aliphatic rings. The lowest BCUT2D eigenvalue weighted by molar-refractivity contribution is -0.117. The van der Waals surface area contributed by atoms with Crippen LogP contribution in [0.15, 0.2) is 72.9 Å². The van der Waals surface area contributed by atoms with Crippen molar-refractivity contribution in [3.63, 3.8) is 0 Å². The van der Waals surface area contributed by atoms with Crippen LogP contribution in [-0.2, 0) is 18.4 Å². The highest BCUT2D eigenvalue weighted by molar-refractivity contribution is 7.57. The Morgan fingerprint density at radius 1 is 1.07 bits per heavy atom. The molecule has 0 saturated heterocycles. The molecule has 246 valence electrons. The average molecular weight is 629 g/mol.